The highest BCUT2D eigenvalue weighted by Crippen LogP contribution is 2.32. The number of pyridine rings is 1. The Morgan fingerprint density at radius 1 is 1.60 bits per heavy atom. The molecule has 0 radical (unpaired) electrons. The Morgan fingerprint density at radius 3 is 3.07 bits per heavy atom. The van der Waals surface area contributed by atoms with E-state index < -0.39 is 4.92 Å². The minimum absolute atomic E-state index is 0.0493. The van der Waals surface area contributed by atoms with Crippen LogP contribution in [-0.2, 0) is 0 Å². The molecule has 2 rings (SSSR count). The van der Waals surface area contributed by atoms with E-state index in [-0.39, 0.29) is 5.69 Å². The number of anilines is 1. The van der Waals surface area contributed by atoms with Crippen molar-refractivity contribution in [3.63, 3.8) is 0 Å². The van der Waals surface area contributed by atoms with Crippen LogP contribution in [0.4, 0.5) is 11.4 Å². The molecule has 1 N–H and O–H groups in total. The Hall–Kier alpha value is -1.65. The maximum atomic E-state index is 10.7. The van der Waals surface area contributed by atoms with Crippen molar-refractivity contribution in [3.05, 3.63) is 28.6 Å². The quantitative estimate of drug-likeness (QED) is 0.593. The first-order chi connectivity index (χ1) is 7.27. The second-order valence-electron chi connectivity index (χ2n) is 3.81. The van der Waals surface area contributed by atoms with Crippen LogP contribution in [0.5, 0.6) is 0 Å². The van der Waals surface area contributed by atoms with E-state index in [0.717, 1.165) is 18.9 Å². The van der Waals surface area contributed by atoms with E-state index in [2.05, 4.69) is 10.3 Å². The number of hydrogen-bond donors (Lipinski definition) is 1. The highest BCUT2D eigenvalue weighted by molar-refractivity contribution is 5.59. The summed E-state index contributed by atoms with van der Waals surface area (Å²) in [5.74, 6) is 0.832. The molecule has 0 aromatic carbocycles. The molecule has 0 bridgehead atoms. The SMILES string of the molecule is O=[N+]([O-])c1cnccc1NCCC1CC1. The zero-order valence-electron chi connectivity index (χ0n) is 8.35. The Balaban J connectivity index is 1.95. The van der Waals surface area contributed by atoms with Crippen LogP contribution in [-0.4, -0.2) is 16.5 Å². The third-order valence-corrected chi connectivity index (χ3v) is 2.56. The topological polar surface area (TPSA) is 68.1 Å². The molecular formula is C10H13N3O2. The summed E-state index contributed by atoms with van der Waals surface area (Å²) in [6.45, 7) is 0.801. The van der Waals surface area contributed by atoms with Gasteiger partial charge >= 0.3 is 5.69 Å². The average Bonchev–Trinajstić information content (AvgIpc) is 3.02. The van der Waals surface area contributed by atoms with Gasteiger partial charge in [-0.05, 0) is 18.4 Å². The van der Waals surface area contributed by atoms with Crippen LogP contribution in [0.2, 0.25) is 0 Å². The molecule has 80 valence electrons. The third kappa shape index (κ3) is 2.65. The highest BCUT2D eigenvalue weighted by atomic mass is 16.6. The summed E-state index contributed by atoms with van der Waals surface area (Å²) < 4.78 is 0. The zero-order valence-corrected chi connectivity index (χ0v) is 8.35. The van der Waals surface area contributed by atoms with Crippen LogP contribution in [0.3, 0.4) is 0 Å². The van der Waals surface area contributed by atoms with Gasteiger partial charge in [0.15, 0.2) is 0 Å². The molecule has 0 unspecified atom stereocenters. The molecule has 5 nitrogen and oxygen atoms in total. The molecule has 1 saturated carbocycles. The van der Waals surface area contributed by atoms with Crippen molar-refractivity contribution >= 4 is 11.4 Å². The molecule has 0 atom stereocenters. The van der Waals surface area contributed by atoms with E-state index in [4.69, 9.17) is 0 Å². The van der Waals surface area contributed by atoms with E-state index in [0.29, 0.717) is 5.69 Å². The Bertz CT molecular complexity index is 363. The highest BCUT2D eigenvalue weighted by Gasteiger charge is 2.21. The molecule has 0 saturated heterocycles. The van der Waals surface area contributed by atoms with Gasteiger partial charge in [-0.1, -0.05) is 12.8 Å². The maximum Gasteiger partial charge on any atom is 0.310 e. The zero-order chi connectivity index (χ0) is 10.7. The molecule has 1 aliphatic rings. The minimum atomic E-state index is -0.410. The summed E-state index contributed by atoms with van der Waals surface area (Å²) in [5.41, 5.74) is 0.615. The number of nitrogens with zero attached hydrogens (tertiary/aromatic N) is 2. The van der Waals surface area contributed by atoms with Crippen molar-refractivity contribution in [2.24, 2.45) is 5.92 Å². The minimum Gasteiger partial charge on any atom is -0.379 e. The van der Waals surface area contributed by atoms with Gasteiger partial charge in [0.1, 0.15) is 11.9 Å². The molecule has 0 amide bonds. The lowest BCUT2D eigenvalue weighted by Crippen LogP contribution is -2.05. The Kier molecular flexibility index (Phi) is 2.80. The molecule has 1 aromatic heterocycles. The first-order valence-electron chi connectivity index (χ1n) is 5.09. The molecule has 0 spiro atoms. The fraction of sp³-hybridized carbons (Fsp3) is 0.500. The number of rotatable bonds is 5. The predicted octanol–water partition coefficient (Wildman–Crippen LogP) is 2.20. The van der Waals surface area contributed by atoms with Gasteiger partial charge in [-0.3, -0.25) is 15.1 Å². The summed E-state index contributed by atoms with van der Waals surface area (Å²) in [4.78, 5) is 14.0. The largest absolute Gasteiger partial charge is 0.379 e. The van der Waals surface area contributed by atoms with Crippen molar-refractivity contribution < 1.29 is 4.92 Å². The van der Waals surface area contributed by atoms with Crippen molar-refractivity contribution in [2.75, 3.05) is 11.9 Å². The van der Waals surface area contributed by atoms with Crippen LogP contribution in [0.1, 0.15) is 19.3 Å². The second kappa shape index (κ2) is 4.25. The van der Waals surface area contributed by atoms with Crippen LogP contribution < -0.4 is 5.32 Å². The van der Waals surface area contributed by atoms with Crippen LogP contribution >= 0.6 is 0 Å². The first-order valence-corrected chi connectivity index (χ1v) is 5.09. The number of nitro groups is 1. The van der Waals surface area contributed by atoms with E-state index in [1.807, 2.05) is 0 Å². The van der Waals surface area contributed by atoms with Gasteiger partial charge in [0.25, 0.3) is 0 Å². The summed E-state index contributed by atoms with van der Waals surface area (Å²) in [5, 5.41) is 13.7. The van der Waals surface area contributed by atoms with E-state index in [1.165, 1.54) is 19.0 Å². The van der Waals surface area contributed by atoms with Crippen molar-refractivity contribution in [1.29, 1.82) is 0 Å². The van der Waals surface area contributed by atoms with Crippen LogP contribution in [0, 0.1) is 16.0 Å². The smallest absolute Gasteiger partial charge is 0.310 e. The molecule has 0 aliphatic heterocycles. The van der Waals surface area contributed by atoms with Gasteiger partial charge in [0, 0.05) is 12.7 Å². The van der Waals surface area contributed by atoms with E-state index in [9.17, 15) is 10.1 Å². The van der Waals surface area contributed by atoms with Gasteiger partial charge < -0.3 is 5.32 Å². The normalized spacial score (nSPS) is 14.9. The number of nitrogens with one attached hydrogen (secondary N) is 1. The molecule has 1 aliphatic carbocycles. The standard InChI is InChI=1S/C10H13N3O2/c14-13(15)10-7-11-5-4-9(10)12-6-3-8-1-2-8/h4-5,7-8H,1-3,6H2,(H,11,12). The molecule has 1 aromatic rings. The summed E-state index contributed by atoms with van der Waals surface area (Å²) >= 11 is 0. The van der Waals surface area contributed by atoms with Gasteiger partial charge in [0.2, 0.25) is 0 Å². The van der Waals surface area contributed by atoms with E-state index in [1.54, 1.807) is 12.3 Å². The van der Waals surface area contributed by atoms with Gasteiger partial charge in [-0.2, -0.15) is 0 Å². The van der Waals surface area contributed by atoms with Crippen molar-refractivity contribution in [3.8, 4) is 0 Å². The molecular weight excluding hydrogens is 194 g/mol. The second-order valence-corrected chi connectivity index (χ2v) is 3.81. The molecule has 15 heavy (non-hydrogen) atoms. The summed E-state index contributed by atoms with van der Waals surface area (Å²) in [6.07, 6.45) is 6.55. The third-order valence-electron chi connectivity index (χ3n) is 2.56. The molecule has 1 heterocycles. The monoisotopic (exact) mass is 207 g/mol. The van der Waals surface area contributed by atoms with Gasteiger partial charge in [-0.15, -0.1) is 0 Å². The lowest BCUT2D eigenvalue weighted by Gasteiger charge is -2.05. The average molecular weight is 207 g/mol. The molecule has 1 fully saturated rings. The van der Waals surface area contributed by atoms with Crippen molar-refractivity contribution in [1.82, 2.24) is 4.98 Å². The number of hydrogen-bond acceptors (Lipinski definition) is 4. The van der Waals surface area contributed by atoms with Gasteiger partial charge in [-0.25, -0.2) is 0 Å². The summed E-state index contributed by atoms with van der Waals surface area (Å²) in [7, 11) is 0. The lowest BCUT2D eigenvalue weighted by molar-refractivity contribution is -0.384. The van der Waals surface area contributed by atoms with Crippen LogP contribution in [0.15, 0.2) is 18.5 Å². The van der Waals surface area contributed by atoms with Gasteiger partial charge in [0.05, 0.1) is 4.92 Å². The van der Waals surface area contributed by atoms with Crippen molar-refractivity contribution in [2.45, 2.75) is 19.3 Å². The fourth-order valence-electron chi connectivity index (χ4n) is 1.50. The van der Waals surface area contributed by atoms with Crippen LogP contribution in [0.25, 0.3) is 0 Å². The Labute approximate surface area is 87.7 Å². The molecule has 5 heteroatoms. The van der Waals surface area contributed by atoms with E-state index >= 15 is 0 Å². The predicted molar refractivity (Wildman–Crippen MR) is 56.7 cm³/mol. The summed E-state index contributed by atoms with van der Waals surface area (Å²) in [6, 6.07) is 1.64. The fourth-order valence-corrected chi connectivity index (χ4v) is 1.50. The Morgan fingerprint density at radius 2 is 2.40 bits per heavy atom. The first kappa shape index (κ1) is 9.89. The number of aromatic nitrogens is 1. The maximum absolute atomic E-state index is 10.7. The lowest BCUT2D eigenvalue weighted by atomic mass is 10.3.